The molecule has 10 heteroatoms. The van der Waals surface area contributed by atoms with Crippen molar-refractivity contribution in [2.45, 2.75) is 13.1 Å². The third-order valence-corrected chi connectivity index (χ3v) is 5.28. The molecular weight excluding hydrogens is 423 g/mol. The number of rotatable bonds is 8. The first kappa shape index (κ1) is 22.0. The van der Waals surface area contributed by atoms with E-state index in [0.717, 1.165) is 22.7 Å². The van der Waals surface area contributed by atoms with E-state index in [-0.39, 0.29) is 35.2 Å². The van der Waals surface area contributed by atoms with Gasteiger partial charge >= 0.3 is 0 Å². The van der Waals surface area contributed by atoms with Crippen molar-refractivity contribution >= 4 is 29.0 Å². The third kappa shape index (κ3) is 5.28. The fourth-order valence-corrected chi connectivity index (χ4v) is 3.46. The summed E-state index contributed by atoms with van der Waals surface area (Å²) in [4.78, 5) is 25.0. The monoisotopic (exact) mass is 444 g/mol. The van der Waals surface area contributed by atoms with E-state index >= 15 is 0 Å². The SMILES string of the molecule is COc1ccc(CNC(=O)c2snc(C(=O)NCc3ccc(F)cc3)c2N)cc1OC. The summed E-state index contributed by atoms with van der Waals surface area (Å²) in [6.45, 7) is 0.402. The molecule has 1 aromatic heterocycles. The largest absolute Gasteiger partial charge is 0.493 e. The third-order valence-electron chi connectivity index (χ3n) is 4.42. The van der Waals surface area contributed by atoms with Crippen LogP contribution in [0.2, 0.25) is 0 Å². The molecule has 0 saturated carbocycles. The molecule has 0 unspecified atom stereocenters. The molecule has 3 aromatic rings. The highest BCUT2D eigenvalue weighted by Gasteiger charge is 2.22. The van der Waals surface area contributed by atoms with Gasteiger partial charge in [-0.25, -0.2) is 4.39 Å². The van der Waals surface area contributed by atoms with E-state index in [9.17, 15) is 14.0 Å². The van der Waals surface area contributed by atoms with E-state index in [0.29, 0.717) is 11.5 Å². The quantitative estimate of drug-likeness (QED) is 0.492. The smallest absolute Gasteiger partial charge is 0.273 e. The summed E-state index contributed by atoms with van der Waals surface area (Å²) in [5.41, 5.74) is 7.48. The lowest BCUT2D eigenvalue weighted by Crippen LogP contribution is -2.25. The van der Waals surface area contributed by atoms with Crippen LogP contribution in [-0.4, -0.2) is 30.4 Å². The molecule has 8 nitrogen and oxygen atoms in total. The van der Waals surface area contributed by atoms with Crippen LogP contribution in [0.1, 0.15) is 31.3 Å². The predicted octanol–water partition coefficient (Wildman–Crippen LogP) is 2.74. The van der Waals surface area contributed by atoms with E-state index < -0.39 is 11.8 Å². The molecule has 4 N–H and O–H groups in total. The van der Waals surface area contributed by atoms with Gasteiger partial charge in [-0.3, -0.25) is 9.59 Å². The number of halogens is 1. The van der Waals surface area contributed by atoms with Crippen LogP contribution in [0.4, 0.5) is 10.1 Å². The normalized spacial score (nSPS) is 10.4. The summed E-state index contributed by atoms with van der Waals surface area (Å²) in [5, 5.41) is 5.40. The van der Waals surface area contributed by atoms with E-state index in [2.05, 4.69) is 15.0 Å². The summed E-state index contributed by atoms with van der Waals surface area (Å²) in [6.07, 6.45) is 0. The molecule has 2 amide bonds. The highest BCUT2D eigenvalue weighted by molar-refractivity contribution is 7.09. The van der Waals surface area contributed by atoms with E-state index in [1.54, 1.807) is 37.4 Å². The average Bonchev–Trinajstić information content (AvgIpc) is 3.18. The number of hydrogen-bond donors (Lipinski definition) is 3. The van der Waals surface area contributed by atoms with Crippen molar-refractivity contribution in [3.63, 3.8) is 0 Å². The van der Waals surface area contributed by atoms with Gasteiger partial charge in [0.2, 0.25) is 0 Å². The van der Waals surface area contributed by atoms with Crippen molar-refractivity contribution in [2.75, 3.05) is 20.0 Å². The van der Waals surface area contributed by atoms with Gasteiger partial charge in [-0.15, -0.1) is 0 Å². The Morgan fingerprint density at radius 1 is 0.968 bits per heavy atom. The van der Waals surface area contributed by atoms with Crippen LogP contribution in [0.3, 0.4) is 0 Å². The topological polar surface area (TPSA) is 116 Å². The maximum absolute atomic E-state index is 13.0. The van der Waals surface area contributed by atoms with Crippen LogP contribution in [0, 0.1) is 5.82 Å². The van der Waals surface area contributed by atoms with E-state index in [4.69, 9.17) is 15.2 Å². The molecular formula is C21H21FN4O4S. The van der Waals surface area contributed by atoms with Crippen LogP contribution >= 0.6 is 11.5 Å². The van der Waals surface area contributed by atoms with Gasteiger partial charge in [0.15, 0.2) is 17.2 Å². The first-order valence-corrected chi connectivity index (χ1v) is 9.97. The van der Waals surface area contributed by atoms with Crippen molar-refractivity contribution in [3.05, 3.63) is 70.0 Å². The second-order valence-electron chi connectivity index (χ2n) is 6.46. The number of methoxy groups -OCH3 is 2. The lowest BCUT2D eigenvalue weighted by atomic mass is 10.2. The van der Waals surface area contributed by atoms with Crippen molar-refractivity contribution in [3.8, 4) is 11.5 Å². The summed E-state index contributed by atoms with van der Waals surface area (Å²) in [5.74, 6) is -0.186. The molecule has 0 fully saturated rings. The zero-order valence-corrected chi connectivity index (χ0v) is 17.7. The molecule has 0 bridgehead atoms. The maximum atomic E-state index is 13.0. The van der Waals surface area contributed by atoms with Crippen molar-refractivity contribution in [2.24, 2.45) is 0 Å². The first-order valence-electron chi connectivity index (χ1n) is 9.19. The fraction of sp³-hybridized carbons (Fsp3) is 0.190. The molecule has 0 spiro atoms. The highest BCUT2D eigenvalue weighted by Crippen LogP contribution is 2.27. The molecule has 0 atom stereocenters. The Bertz CT molecular complexity index is 1090. The lowest BCUT2D eigenvalue weighted by molar-refractivity contribution is 0.0946. The highest BCUT2D eigenvalue weighted by atomic mass is 32.1. The van der Waals surface area contributed by atoms with Crippen molar-refractivity contribution < 1.29 is 23.5 Å². The number of aromatic nitrogens is 1. The van der Waals surface area contributed by atoms with Gasteiger partial charge in [0.1, 0.15) is 10.7 Å². The number of nitrogens with two attached hydrogens (primary N) is 1. The molecule has 1 heterocycles. The Hall–Kier alpha value is -3.66. The molecule has 0 radical (unpaired) electrons. The van der Waals surface area contributed by atoms with Gasteiger partial charge in [0, 0.05) is 13.1 Å². The molecule has 0 saturated heterocycles. The standard InChI is InChI=1S/C21H21FN4O4S/c1-29-15-8-5-13(9-16(15)30-2)11-25-21(28)19-17(23)18(26-31-19)20(27)24-10-12-3-6-14(22)7-4-12/h3-9H,10-11,23H2,1-2H3,(H,24,27)(H,25,28). The first-order chi connectivity index (χ1) is 14.9. The molecule has 0 aliphatic rings. The number of ether oxygens (including phenoxy) is 2. The molecule has 31 heavy (non-hydrogen) atoms. The molecule has 0 aliphatic carbocycles. The van der Waals surface area contributed by atoms with Gasteiger partial charge in [0.25, 0.3) is 11.8 Å². The molecule has 0 aliphatic heterocycles. The molecule has 162 valence electrons. The fourth-order valence-electron chi connectivity index (χ4n) is 2.75. The van der Waals surface area contributed by atoms with Gasteiger partial charge < -0.3 is 25.8 Å². The van der Waals surface area contributed by atoms with Crippen molar-refractivity contribution in [1.82, 2.24) is 15.0 Å². The Labute approximate surface area is 182 Å². The van der Waals surface area contributed by atoms with Crippen LogP contribution in [0.5, 0.6) is 11.5 Å². The van der Waals surface area contributed by atoms with Gasteiger partial charge in [-0.1, -0.05) is 18.2 Å². The number of carbonyl (C=O) groups is 2. The summed E-state index contributed by atoms with van der Waals surface area (Å²) in [6, 6.07) is 11.0. The average molecular weight is 444 g/mol. The maximum Gasteiger partial charge on any atom is 0.273 e. The van der Waals surface area contributed by atoms with Crippen LogP contribution in [0.15, 0.2) is 42.5 Å². The van der Waals surface area contributed by atoms with E-state index in [1.165, 1.54) is 19.2 Å². The number of nitrogens with zero attached hydrogens (tertiary/aromatic N) is 1. The van der Waals surface area contributed by atoms with Crippen LogP contribution in [-0.2, 0) is 13.1 Å². The minimum absolute atomic E-state index is 0.00594. The Morgan fingerprint density at radius 3 is 2.26 bits per heavy atom. The predicted molar refractivity (Wildman–Crippen MR) is 115 cm³/mol. The second-order valence-corrected chi connectivity index (χ2v) is 7.23. The minimum atomic E-state index is -0.517. The number of nitrogen functional groups attached to an aromatic ring is 1. The number of nitrogens with one attached hydrogen (secondary N) is 2. The Morgan fingerprint density at radius 2 is 1.58 bits per heavy atom. The number of hydrogen-bond acceptors (Lipinski definition) is 7. The number of carbonyl (C=O) groups excluding carboxylic acids is 2. The zero-order chi connectivity index (χ0) is 22.4. The van der Waals surface area contributed by atoms with Crippen LogP contribution < -0.4 is 25.8 Å². The Balaban J connectivity index is 1.61. The zero-order valence-electron chi connectivity index (χ0n) is 16.9. The molecule has 2 aromatic carbocycles. The lowest BCUT2D eigenvalue weighted by Gasteiger charge is -2.10. The van der Waals surface area contributed by atoms with Gasteiger partial charge in [-0.05, 0) is 46.9 Å². The number of benzene rings is 2. The number of amides is 2. The summed E-state index contributed by atoms with van der Waals surface area (Å²) < 4.78 is 27.4. The summed E-state index contributed by atoms with van der Waals surface area (Å²) >= 11 is 0.843. The summed E-state index contributed by atoms with van der Waals surface area (Å²) in [7, 11) is 3.07. The van der Waals surface area contributed by atoms with Crippen LogP contribution in [0.25, 0.3) is 0 Å². The number of anilines is 1. The van der Waals surface area contributed by atoms with Gasteiger partial charge in [-0.2, -0.15) is 4.37 Å². The van der Waals surface area contributed by atoms with Crippen molar-refractivity contribution in [1.29, 1.82) is 0 Å². The second kappa shape index (κ2) is 9.90. The minimum Gasteiger partial charge on any atom is -0.493 e. The van der Waals surface area contributed by atoms with E-state index in [1.807, 2.05) is 0 Å². The molecule has 3 rings (SSSR count). The Kier molecular flexibility index (Phi) is 7.03. The van der Waals surface area contributed by atoms with Gasteiger partial charge in [0.05, 0.1) is 19.9 Å².